The lowest BCUT2D eigenvalue weighted by molar-refractivity contribution is 0.669. The Hall–Kier alpha value is -5.61. The molecule has 2 aromatic heterocycles. The third-order valence-electron chi connectivity index (χ3n) is 8.06. The van der Waals surface area contributed by atoms with Crippen molar-refractivity contribution in [3.63, 3.8) is 0 Å². The first-order chi connectivity index (χ1) is 20.3. The molecule has 0 N–H and O–H groups in total. The lowest BCUT2D eigenvalue weighted by Gasteiger charge is -2.08. The molecule has 0 saturated carbocycles. The van der Waals surface area contributed by atoms with Crippen molar-refractivity contribution >= 4 is 32.7 Å². The summed E-state index contributed by atoms with van der Waals surface area (Å²) in [6.07, 6.45) is 0. The van der Waals surface area contributed by atoms with Gasteiger partial charge in [-0.05, 0) is 51.2 Å². The monoisotopic (exact) mass is 523 g/mol. The van der Waals surface area contributed by atoms with Gasteiger partial charge in [-0.3, -0.25) is 0 Å². The number of nitrogens with zero attached hydrogens (tertiary/aromatic N) is 3. The summed E-state index contributed by atoms with van der Waals surface area (Å²) < 4.78 is 6.56. The smallest absolute Gasteiger partial charge is 0.164 e. The molecular weight excluding hydrogens is 502 g/mol. The summed E-state index contributed by atoms with van der Waals surface area (Å²) in [4.78, 5) is 14.6. The Morgan fingerprint density at radius 1 is 0.366 bits per heavy atom. The maximum absolute atomic E-state index is 6.56. The van der Waals surface area contributed by atoms with Gasteiger partial charge < -0.3 is 4.42 Å². The maximum atomic E-state index is 6.56. The van der Waals surface area contributed by atoms with Gasteiger partial charge in [-0.2, -0.15) is 0 Å². The molecule has 4 heteroatoms. The van der Waals surface area contributed by atoms with E-state index in [1.165, 1.54) is 33.0 Å². The second-order valence-electron chi connectivity index (χ2n) is 10.4. The van der Waals surface area contributed by atoms with Gasteiger partial charge in [0.15, 0.2) is 17.5 Å². The standard InChI is InChI=1S/C37H21N3O/c1-3-10-22(11-4-1)35-38-36(23-12-5-2-6-13-23)40-37(39-35)24-18-19-28-31(20-24)41-32-21-30-26-15-8-7-14-25(26)27-16-9-17-29(33(27)30)34(28)32/h1-21H. The molecule has 6 aromatic carbocycles. The summed E-state index contributed by atoms with van der Waals surface area (Å²) in [5.74, 6) is 1.90. The Bertz CT molecular complexity index is 2250. The van der Waals surface area contributed by atoms with Crippen molar-refractivity contribution < 1.29 is 4.42 Å². The first kappa shape index (κ1) is 22.2. The van der Waals surface area contributed by atoms with Gasteiger partial charge in [0.05, 0.1) is 0 Å². The van der Waals surface area contributed by atoms with Crippen LogP contribution in [0.3, 0.4) is 0 Å². The van der Waals surface area contributed by atoms with Crippen molar-refractivity contribution in [2.75, 3.05) is 0 Å². The minimum atomic E-state index is 0.614. The van der Waals surface area contributed by atoms with Crippen molar-refractivity contribution in [2.24, 2.45) is 0 Å². The van der Waals surface area contributed by atoms with Crippen LogP contribution < -0.4 is 0 Å². The van der Waals surface area contributed by atoms with Gasteiger partial charge in [0.1, 0.15) is 11.2 Å². The number of hydrogen-bond donors (Lipinski definition) is 0. The van der Waals surface area contributed by atoms with Crippen LogP contribution in [-0.2, 0) is 0 Å². The Labute approximate surface area is 235 Å². The molecule has 0 saturated heterocycles. The highest BCUT2D eigenvalue weighted by Crippen LogP contribution is 2.50. The lowest BCUT2D eigenvalue weighted by atomic mass is 9.98. The summed E-state index contributed by atoms with van der Waals surface area (Å²) in [5.41, 5.74) is 9.54. The molecule has 0 radical (unpaired) electrons. The predicted molar refractivity (Wildman–Crippen MR) is 165 cm³/mol. The van der Waals surface area contributed by atoms with Gasteiger partial charge in [-0.15, -0.1) is 0 Å². The van der Waals surface area contributed by atoms with Crippen molar-refractivity contribution in [3.05, 3.63) is 127 Å². The minimum absolute atomic E-state index is 0.614. The van der Waals surface area contributed by atoms with Crippen molar-refractivity contribution in [1.82, 2.24) is 15.0 Å². The number of rotatable bonds is 3. The molecule has 1 aliphatic rings. The number of hydrogen-bond acceptors (Lipinski definition) is 4. The highest BCUT2D eigenvalue weighted by Gasteiger charge is 2.24. The van der Waals surface area contributed by atoms with Gasteiger partial charge >= 0.3 is 0 Å². The normalized spacial score (nSPS) is 11.9. The van der Waals surface area contributed by atoms with Gasteiger partial charge in [0.25, 0.3) is 0 Å². The molecule has 0 spiro atoms. The molecule has 2 heterocycles. The van der Waals surface area contributed by atoms with Crippen LogP contribution in [0.2, 0.25) is 0 Å². The average molecular weight is 524 g/mol. The lowest BCUT2D eigenvalue weighted by Crippen LogP contribution is -2.00. The molecular formula is C37H21N3O. The maximum Gasteiger partial charge on any atom is 0.164 e. The zero-order valence-corrected chi connectivity index (χ0v) is 21.9. The Morgan fingerprint density at radius 2 is 0.951 bits per heavy atom. The average Bonchev–Trinajstić information content (AvgIpc) is 3.58. The van der Waals surface area contributed by atoms with E-state index >= 15 is 0 Å². The highest BCUT2D eigenvalue weighted by atomic mass is 16.3. The van der Waals surface area contributed by atoms with E-state index in [9.17, 15) is 0 Å². The van der Waals surface area contributed by atoms with E-state index < -0.39 is 0 Å². The van der Waals surface area contributed by atoms with Crippen LogP contribution in [0, 0.1) is 0 Å². The van der Waals surface area contributed by atoms with Crippen LogP contribution in [0.1, 0.15) is 0 Å². The largest absolute Gasteiger partial charge is 0.456 e. The van der Waals surface area contributed by atoms with Gasteiger partial charge in [-0.25, -0.2) is 15.0 Å². The van der Waals surface area contributed by atoms with Crippen LogP contribution >= 0.6 is 0 Å². The summed E-state index contributed by atoms with van der Waals surface area (Å²) in [5, 5.41) is 4.75. The van der Waals surface area contributed by atoms with Crippen LogP contribution in [-0.4, -0.2) is 15.0 Å². The van der Waals surface area contributed by atoms with E-state index in [1.54, 1.807) is 0 Å². The quantitative estimate of drug-likeness (QED) is 0.231. The fourth-order valence-electron chi connectivity index (χ4n) is 6.22. The second kappa shape index (κ2) is 8.44. The fourth-order valence-corrected chi connectivity index (χ4v) is 6.22. The summed E-state index contributed by atoms with van der Waals surface area (Å²) in [6.45, 7) is 0. The number of aromatic nitrogens is 3. The molecule has 0 aliphatic heterocycles. The van der Waals surface area contributed by atoms with E-state index in [2.05, 4.69) is 66.7 Å². The van der Waals surface area contributed by atoms with Crippen LogP contribution in [0.15, 0.2) is 132 Å². The summed E-state index contributed by atoms with van der Waals surface area (Å²) >= 11 is 0. The summed E-state index contributed by atoms with van der Waals surface area (Å²) in [7, 11) is 0. The van der Waals surface area contributed by atoms with Crippen molar-refractivity contribution in [2.45, 2.75) is 0 Å². The Morgan fingerprint density at radius 3 is 1.63 bits per heavy atom. The van der Waals surface area contributed by atoms with Gasteiger partial charge in [-0.1, -0.05) is 109 Å². The molecule has 4 nitrogen and oxygen atoms in total. The van der Waals surface area contributed by atoms with Crippen LogP contribution in [0.25, 0.3) is 89.1 Å². The van der Waals surface area contributed by atoms with E-state index in [0.29, 0.717) is 17.5 Å². The molecule has 0 atom stereocenters. The molecule has 8 aromatic rings. The topological polar surface area (TPSA) is 51.8 Å². The predicted octanol–water partition coefficient (Wildman–Crippen LogP) is 9.57. The second-order valence-corrected chi connectivity index (χ2v) is 10.4. The summed E-state index contributed by atoms with van der Waals surface area (Å²) in [6, 6.07) is 43.8. The van der Waals surface area contributed by atoms with Crippen molar-refractivity contribution in [3.8, 4) is 56.4 Å². The van der Waals surface area contributed by atoms with Crippen molar-refractivity contribution in [1.29, 1.82) is 0 Å². The Kier molecular flexibility index (Phi) is 4.58. The first-order valence-corrected chi connectivity index (χ1v) is 13.7. The highest BCUT2D eigenvalue weighted by molar-refractivity contribution is 6.28. The van der Waals surface area contributed by atoms with E-state index in [1.807, 2.05) is 60.7 Å². The molecule has 9 rings (SSSR count). The first-order valence-electron chi connectivity index (χ1n) is 13.7. The minimum Gasteiger partial charge on any atom is -0.456 e. The molecule has 0 unspecified atom stereocenters. The zero-order valence-electron chi connectivity index (χ0n) is 21.9. The Balaban J connectivity index is 1.26. The van der Waals surface area contributed by atoms with E-state index in [-0.39, 0.29) is 0 Å². The SMILES string of the molecule is c1ccc(-c2nc(-c3ccccc3)nc(-c3ccc4c(c3)oc3cc5c6c(cccc6c34)-c3ccccc3-5)n2)cc1. The molecule has 0 amide bonds. The molecule has 1 aliphatic carbocycles. The van der Waals surface area contributed by atoms with E-state index in [0.717, 1.165) is 38.6 Å². The van der Waals surface area contributed by atoms with Gasteiger partial charge in [0, 0.05) is 27.5 Å². The molecule has 41 heavy (non-hydrogen) atoms. The van der Waals surface area contributed by atoms with Gasteiger partial charge in [0.2, 0.25) is 0 Å². The number of furan rings is 1. The zero-order chi connectivity index (χ0) is 26.9. The number of fused-ring (bicyclic) bond motifs is 7. The fraction of sp³-hybridized carbons (Fsp3) is 0. The van der Waals surface area contributed by atoms with E-state index in [4.69, 9.17) is 19.4 Å². The molecule has 0 bridgehead atoms. The molecule has 190 valence electrons. The number of benzene rings is 6. The van der Waals surface area contributed by atoms with Crippen LogP contribution in [0.5, 0.6) is 0 Å². The molecule has 0 fully saturated rings. The third-order valence-corrected chi connectivity index (χ3v) is 8.06. The van der Waals surface area contributed by atoms with Crippen LogP contribution in [0.4, 0.5) is 0 Å². The third kappa shape index (κ3) is 3.31.